The summed E-state index contributed by atoms with van der Waals surface area (Å²) in [5.41, 5.74) is 1.18. The number of hydrogen-bond donors (Lipinski definition) is 2. The number of H-pyrrole nitrogens is 1. The second-order valence-electron chi connectivity index (χ2n) is 6.40. The molecule has 0 spiro atoms. The summed E-state index contributed by atoms with van der Waals surface area (Å²) in [6.45, 7) is 0. The second kappa shape index (κ2) is 7.12. The van der Waals surface area contributed by atoms with Gasteiger partial charge < -0.3 is 10.1 Å². The Bertz CT molecular complexity index is 997. The van der Waals surface area contributed by atoms with Crippen LogP contribution in [0.5, 0.6) is 0 Å². The van der Waals surface area contributed by atoms with E-state index in [0.717, 1.165) is 16.7 Å². The molecule has 2 N–H and O–H groups in total. The first-order chi connectivity index (χ1) is 13.6. The Morgan fingerprint density at radius 3 is 1.54 bits per heavy atom. The molecule has 3 aromatic carbocycles. The largest absolute Gasteiger partial charge is 0.476 e. The van der Waals surface area contributed by atoms with E-state index in [1.165, 1.54) is 0 Å². The van der Waals surface area contributed by atoms with E-state index in [9.17, 15) is 14.3 Å². The fourth-order valence-electron chi connectivity index (χ4n) is 3.77. The monoisotopic (exact) mass is 372 g/mol. The van der Waals surface area contributed by atoms with Gasteiger partial charge in [-0.3, -0.25) is 0 Å². The van der Waals surface area contributed by atoms with Gasteiger partial charge in [0.1, 0.15) is 0 Å². The van der Waals surface area contributed by atoms with Crippen LogP contribution in [0, 0.1) is 6.08 Å². The van der Waals surface area contributed by atoms with E-state index in [1.54, 1.807) is 0 Å². The van der Waals surface area contributed by atoms with Crippen LogP contribution < -0.4 is 0 Å². The molecule has 0 saturated heterocycles. The fraction of sp³-hybridized carbons (Fsp3) is 0.0435. The Morgan fingerprint density at radius 2 is 1.18 bits per heavy atom. The first-order valence-electron chi connectivity index (χ1n) is 8.80. The fourth-order valence-corrected chi connectivity index (χ4v) is 3.77. The number of hydrogen-bond acceptors (Lipinski definition) is 2. The number of nitrogens with zero attached hydrogens (tertiary/aromatic N) is 1. The summed E-state index contributed by atoms with van der Waals surface area (Å²) in [7, 11) is 0. The minimum absolute atomic E-state index is 0.182. The van der Waals surface area contributed by atoms with Crippen molar-refractivity contribution in [2.75, 3.05) is 0 Å². The lowest BCUT2D eigenvalue weighted by molar-refractivity contribution is 0.0688. The van der Waals surface area contributed by atoms with Gasteiger partial charge in [-0.05, 0) is 16.7 Å². The normalized spacial score (nSPS) is 11.3. The maximum absolute atomic E-state index is 14.2. The van der Waals surface area contributed by atoms with Gasteiger partial charge in [-0.2, -0.15) is 9.37 Å². The SMILES string of the molecule is O=C(O)c1nc(F)[nH]c1C(c1ccccc1)(c1ccccc1)c1ccccc1. The third kappa shape index (κ3) is 2.77. The Labute approximate surface area is 161 Å². The molecule has 0 bridgehead atoms. The van der Waals surface area contributed by atoms with Gasteiger partial charge >= 0.3 is 5.97 Å². The summed E-state index contributed by atoms with van der Waals surface area (Å²) >= 11 is 0. The second-order valence-corrected chi connectivity index (χ2v) is 6.40. The zero-order chi connectivity index (χ0) is 19.6. The molecule has 0 fully saturated rings. The van der Waals surface area contributed by atoms with Crippen molar-refractivity contribution in [3.05, 3.63) is 125 Å². The summed E-state index contributed by atoms with van der Waals surface area (Å²) in [6, 6.07) is 28.4. The van der Waals surface area contributed by atoms with E-state index >= 15 is 0 Å². The molecule has 4 nitrogen and oxygen atoms in total. The van der Waals surface area contributed by atoms with Crippen molar-refractivity contribution < 1.29 is 14.3 Å². The molecule has 138 valence electrons. The van der Waals surface area contributed by atoms with E-state index in [-0.39, 0.29) is 11.4 Å². The smallest absolute Gasteiger partial charge is 0.356 e. The van der Waals surface area contributed by atoms with Crippen LogP contribution in [0.1, 0.15) is 32.9 Å². The first-order valence-corrected chi connectivity index (χ1v) is 8.80. The van der Waals surface area contributed by atoms with E-state index in [2.05, 4.69) is 9.97 Å². The topological polar surface area (TPSA) is 66.0 Å². The standard InChI is InChI=1S/C23H17FN2O2/c24-22-25-19(21(27)28)20(26-22)23(16-10-4-1-5-11-16,17-12-6-2-7-13-17)18-14-8-3-9-15-18/h1-15H,(H,25,26)(H,27,28). The molecule has 0 aliphatic heterocycles. The number of nitrogens with one attached hydrogen (secondary N) is 1. The number of aromatic carboxylic acids is 1. The minimum Gasteiger partial charge on any atom is -0.476 e. The Hall–Kier alpha value is -3.73. The number of halogens is 1. The van der Waals surface area contributed by atoms with Gasteiger partial charge in [0.05, 0.1) is 11.1 Å². The van der Waals surface area contributed by atoms with Crippen molar-refractivity contribution in [3.8, 4) is 0 Å². The maximum Gasteiger partial charge on any atom is 0.356 e. The van der Waals surface area contributed by atoms with Crippen LogP contribution in [-0.2, 0) is 5.41 Å². The number of rotatable bonds is 5. The quantitative estimate of drug-likeness (QED) is 0.502. The van der Waals surface area contributed by atoms with Crippen LogP contribution >= 0.6 is 0 Å². The predicted octanol–water partition coefficient (Wildman–Crippen LogP) is 4.63. The lowest BCUT2D eigenvalue weighted by Gasteiger charge is -2.35. The van der Waals surface area contributed by atoms with Crippen LogP contribution in [0.25, 0.3) is 0 Å². The van der Waals surface area contributed by atoms with Crippen molar-refractivity contribution >= 4 is 5.97 Å². The molecule has 0 atom stereocenters. The lowest BCUT2D eigenvalue weighted by atomic mass is 9.66. The van der Waals surface area contributed by atoms with Crippen molar-refractivity contribution in [1.29, 1.82) is 0 Å². The number of aromatic amines is 1. The summed E-state index contributed by atoms with van der Waals surface area (Å²) in [6.07, 6.45) is -0.931. The van der Waals surface area contributed by atoms with E-state index < -0.39 is 17.5 Å². The molecule has 28 heavy (non-hydrogen) atoms. The highest BCUT2D eigenvalue weighted by atomic mass is 19.1. The molecule has 1 aromatic heterocycles. The van der Waals surface area contributed by atoms with Crippen LogP contribution in [0.3, 0.4) is 0 Å². The molecule has 0 saturated carbocycles. The number of aromatic nitrogens is 2. The lowest BCUT2D eigenvalue weighted by Crippen LogP contribution is -2.33. The van der Waals surface area contributed by atoms with Crippen molar-refractivity contribution in [3.63, 3.8) is 0 Å². The van der Waals surface area contributed by atoms with Gasteiger partial charge in [-0.15, -0.1) is 0 Å². The average Bonchev–Trinajstić information content (AvgIpc) is 3.13. The molecule has 0 radical (unpaired) electrons. The molecule has 0 unspecified atom stereocenters. The molecular formula is C23H17FN2O2. The Balaban J connectivity index is 2.19. The van der Waals surface area contributed by atoms with Gasteiger partial charge in [0.2, 0.25) is 0 Å². The molecule has 4 aromatic rings. The maximum atomic E-state index is 14.2. The van der Waals surface area contributed by atoms with Gasteiger partial charge in [0.15, 0.2) is 5.69 Å². The highest BCUT2D eigenvalue weighted by Crippen LogP contribution is 2.45. The zero-order valence-electron chi connectivity index (χ0n) is 14.8. The summed E-state index contributed by atoms with van der Waals surface area (Å²) in [4.78, 5) is 18.2. The van der Waals surface area contributed by atoms with Crippen molar-refractivity contribution in [2.45, 2.75) is 5.41 Å². The van der Waals surface area contributed by atoms with Gasteiger partial charge in [-0.25, -0.2) is 4.79 Å². The number of carboxylic acids is 1. The number of imidazole rings is 1. The van der Waals surface area contributed by atoms with Gasteiger partial charge in [0.25, 0.3) is 6.08 Å². The van der Waals surface area contributed by atoms with Crippen LogP contribution in [0.15, 0.2) is 91.0 Å². The third-order valence-electron chi connectivity index (χ3n) is 4.87. The third-order valence-corrected chi connectivity index (χ3v) is 4.87. The summed E-state index contributed by atoms with van der Waals surface area (Å²) in [5.74, 6) is -1.29. The molecule has 1 heterocycles. The first kappa shape index (κ1) is 17.7. The average molecular weight is 372 g/mol. The highest BCUT2D eigenvalue weighted by Gasteiger charge is 2.43. The summed E-state index contributed by atoms with van der Waals surface area (Å²) in [5, 5.41) is 9.73. The van der Waals surface area contributed by atoms with Crippen molar-refractivity contribution in [1.82, 2.24) is 9.97 Å². The van der Waals surface area contributed by atoms with Crippen molar-refractivity contribution in [2.24, 2.45) is 0 Å². The predicted molar refractivity (Wildman–Crippen MR) is 104 cm³/mol. The van der Waals surface area contributed by atoms with E-state index in [4.69, 9.17) is 0 Å². The Kier molecular flexibility index (Phi) is 4.49. The number of benzene rings is 3. The molecule has 0 aliphatic rings. The molecular weight excluding hydrogens is 355 g/mol. The zero-order valence-corrected chi connectivity index (χ0v) is 14.8. The number of carbonyl (C=O) groups is 1. The number of carboxylic acid groups (broad SMARTS) is 1. The van der Waals surface area contributed by atoms with Gasteiger partial charge in [0, 0.05) is 0 Å². The highest BCUT2D eigenvalue weighted by molar-refractivity contribution is 5.88. The van der Waals surface area contributed by atoms with Crippen LogP contribution in [0.2, 0.25) is 0 Å². The Morgan fingerprint density at radius 1 is 0.786 bits per heavy atom. The minimum atomic E-state index is -1.29. The van der Waals surface area contributed by atoms with E-state index in [1.807, 2.05) is 91.0 Å². The molecule has 0 aliphatic carbocycles. The van der Waals surface area contributed by atoms with E-state index in [0.29, 0.717) is 0 Å². The van der Waals surface area contributed by atoms with Crippen LogP contribution in [0.4, 0.5) is 4.39 Å². The van der Waals surface area contributed by atoms with Gasteiger partial charge in [-0.1, -0.05) is 91.0 Å². The molecule has 0 amide bonds. The molecule has 4 rings (SSSR count). The van der Waals surface area contributed by atoms with Crippen LogP contribution in [-0.4, -0.2) is 21.0 Å². The summed E-state index contributed by atoms with van der Waals surface area (Å²) < 4.78 is 14.2. The molecule has 5 heteroatoms.